The third-order valence-corrected chi connectivity index (χ3v) is 5.23. The topological polar surface area (TPSA) is 53.9 Å². The van der Waals surface area contributed by atoms with Gasteiger partial charge in [-0.1, -0.05) is 31.3 Å². The molecule has 1 N–H and O–H groups in total. The van der Waals surface area contributed by atoms with Crippen LogP contribution in [0.15, 0.2) is 18.2 Å². The van der Waals surface area contributed by atoms with Crippen molar-refractivity contribution in [2.75, 3.05) is 29.9 Å². The van der Waals surface area contributed by atoms with Crippen LogP contribution in [0.1, 0.15) is 36.9 Å². The van der Waals surface area contributed by atoms with Gasteiger partial charge in [0.25, 0.3) is 0 Å². The summed E-state index contributed by atoms with van der Waals surface area (Å²) >= 11 is 1.73. The van der Waals surface area contributed by atoms with Gasteiger partial charge >= 0.3 is 0 Å². The fourth-order valence-corrected chi connectivity index (χ4v) is 3.53. The molecular formula is C16H23N5S. The first-order chi connectivity index (χ1) is 10.6. The fourth-order valence-electron chi connectivity index (χ4n) is 2.65. The number of hydrogen-bond donors (Lipinski definition) is 1. The Kier molecular flexibility index (Phi) is 4.57. The van der Waals surface area contributed by atoms with E-state index in [4.69, 9.17) is 0 Å². The predicted octanol–water partition coefficient (Wildman–Crippen LogP) is 3.30. The molecule has 0 radical (unpaired) electrons. The average molecular weight is 317 g/mol. The van der Waals surface area contributed by atoms with Crippen LogP contribution in [0.4, 0.5) is 10.9 Å². The van der Waals surface area contributed by atoms with Gasteiger partial charge in [0, 0.05) is 31.2 Å². The molecule has 0 spiro atoms. The second-order valence-corrected chi connectivity index (χ2v) is 7.21. The normalized spacial score (nSPS) is 18.2. The van der Waals surface area contributed by atoms with Crippen molar-refractivity contribution in [3.05, 3.63) is 28.9 Å². The molecule has 0 bridgehead atoms. The van der Waals surface area contributed by atoms with E-state index in [2.05, 4.69) is 39.2 Å². The minimum absolute atomic E-state index is 0.457. The Bertz CT molecular complexity index is 625. The Morgan fingerprint density at radius 2 is 2.23 bits per heavy atom. The molecular weight excluding hydrogens is 294 g/mol. The van der Waals surface area contributed by atoms with Crippen molar-refractivity contribution in [2.24, 2.45) is 5.92 Å². The Labute approximate surface area is 135 Å². The van der Waals surface area contributed by atoms with E-state index in [0.717, 1.165) is 41.3 Å². The first-order valence-corrected chi connectivity index (χ1v) is 8.69. The minimum atomic E-state index is 0.457. The summed E-state index contributed by atoms with van der Waals surface area (Å²) in [7, 11) is 0. The minimum Gasteiger partial charge on any atom is -0.370 e. The van der Waals surface area contributed by atoms with Gasteiger partial charge in [-0.3, -0.25) is 0 Å². The van der Waals surface area contributed by atoms with E-state index in [1.54, 1.807) is 11.3 Å². The Morgan fingerprint density at radius 1 is 1.36 bits per heavy atom. The summed E-state index contributed by atoms with van der Waals surface area (Å²) in [4.78, 5) is 6.85. The van der Waals surface area contributed by atoms with E-state index < -0.39 is 0 Å². The summed E-state index contributed by atoms with van der Waals surface area (Å²) in [5, 5.41) is 14.3. The van der Waals surface area contributed by atoms with Crippen molar-refractivity contribution >= 4 is 22.3 Å². The highest BCUT2D eigenvalue weighted by molar-refractivity contribution is 7.15. The van der Waals surface area contributed by atoms with Crippen LogP contribution in [-0.2, 0) is 0 Å². The van der Waals surface area contributed by atoms with Crippen LogP contribution < -0.4 is 10.2 Å². The Balaban J connectivity index is 1.53. The van der Waals surface area contributed by atoms with Crippen molar-refractivity contribution in [1.82, 2.24) is 15.2 Å². The van der Waals surface area contributed by atoms with E-state index in [-0.39, 0.29) is 0 Å². The fraction of sp³-hybridized carbons (Fsp3) is 0.562. The second kappa shape index (κ2) is 6.60. The van der Waals surface area contributed by atoms with Crippen LogP contribution in [0.3, 0.4) is 0 Å². The van der Waals surface area contributed by atoms with Crippen molar-refractivity contribution in [3.8, 4) is 0 Å². The maximum atomic E-state index is 4.49. The number of nitrogens with one attached hydrogen (secondary N) is 1. The van der Waals surface area contributed by atoms with Crippen LogP contribution >= 0.6 is 11.3 Å². The molecule has 0 unspecified atom stereocenters. The molecule has 1 aliphatic heterocycles. The van der Waals surface area contributed by atoms with Crippen molar-refractivity contribution in [2.45, 2.75) is 33.1 Å². The van der Waals surface area contributed by atoms with Gasteiger partial charge in [0.2, 0.25) is 5.13 Å². The molecule has 1 fully saturated rings. The molecule has 0 aliphatic carbocycles. The zero-order valence-corrected chi connectivity index (χ0v) is 14.2. The first-order valence-electron chi connectivity index (χ1n) is 7.87. The molecule has 1 atom stereocenters. The van der Waals surface area contributed by atoms with Gasteiger partial charge in [-0.25, -0.2) is 4.98 Å². The SMILES string of the molecule is Cc1cccc(NC[C@H]2CCN(c3nnc(C(C)C)s3)C2)n1. The van der Waals surface area contributed by atoms with Gasteiger partial charge in [0.1, 0.15) is 10.8 Å². The molecule has 1 aliphatic rings. The highest BCUT2D eigenvalue weighted by Crippen LogP contribution is 2.29. The number of hydrogen-bond acceptors (Lipinski definition) is 6. The molecule has 2 aromatic rings. The average Bonchev–Trinajstić information content (AvgIpc) is 3.14. The maximum Gasteiger partial charge on any atom is 0.208 e. The Hall–Kier alpha value is -1.69. The third kappa shape index (κ3) is 3.55. The molecule has 118 valence electrons. The van der Waals surface area contributed by atoms with E-state index in [0.29, 0.717) is 11.8 Å². The number of aromatic nitrogens is 3. The van der Waals surface area contributed by atoms with Crippen LogP contribution in [0.25, 0.3) is 0 Å². The van der Waals surface area contributed by atoms with Gasteiger partial charge in [0.15, 0.2) is 0 Å². The van der Waals surface area contributed by atoms with E-state index in [1.165, 1.54) is 6.42 Å². The van der Waals surface area contributed by atoms with E-state index >= 15 is 0 Å². The number of pyridine rings is 1. The molecule has 6 heteroatoms. The summed E-state index contributed by atoms with van der Waals surface area (Å²) in [5.74, 6) is 2.06. The van der Waals surface area contributed by atoms with Crippen LogP contribution in [0.5, 0.6) is 0 Å². The van der Waals surface area contributed by atoms with Gasteiger partial charge in [-0.15, -0.1) is 10.2 Å². The van der Waals surface area contributed by atoms with Crippen LogP contribution in [-0.4, -0.2) is 34.8 Å². The lowest BCUT2D eigenvalue weighted by Gasteiger charge is -2.15. The molecule has 0 amide bonds. The first kappa shape index (κ1) is 15.2. The largest absolute Gasteiger partial charge is 0.370 e. The predicted molar refractivity (Wildman–Crippen MR) is 91.8 cm³/mol. The van der Waals surface area contributed by atoms with Crippen molar-refractivity contribution in [1.29, 1.82) is 0 Å². The van der Waals surface area contributed by atoms with Crippen molar-refractivity contribution in [3.63, 3.8) is 0 Å². The van der Waals surface area contributed by atoms with Gasteiger partial charge < -0.3 is 10.2 Å². The van der Waals surface area contributed by atoms with Crippen LogP contribution in [0.2, 0.25) is 0 Å². The lowest BCUT2D eigenvalue weighted by atomic mass is 10.1. The lowest BCUT2D eigenvalue weighted by Crippen LogP contribution is -2.22. The zero-order valence-electron chi connectivity index (χ0n) is 13.4. The maximum absolute atomic E-state index is 4.49. The number of aryl methyl sites for hydroxylation is 1. The molecule has 3 rings (SSSR count). The quantitative estimate of drug-likeness (QED) is 0.917. The standard InChI is InChI=1S/C16H23N5S/c1-11(2)15-19-20-16(22-15)21-8-7-13(10-21)9-17-14-6-4-5-12(3)18-14/h4-6,11,13H,7-10H2,1-3H3,(H,17,18)/t13-/m1/s1. The molecule has 0 aromatic carbocycles. The highest BCUT2D eigenvalue weighted by Gasteiger charge is 2.25. The zero-order chi connectivity index (χ0) is 15.5. The highest BCUT2D eigenvalue weighted by atomic mass is 32.1. The summed E-state index contributed by atoms with van der Waals surface area (Å²) in [6.07, 6.45) is 1.19. The van der Waals surface area contributed by atoms with Gasteiger partial charge in [0.05, 0.1) is 0 Å². The number of anilines is 2. The van der Waals surface area contributed by atoms with Crippen LogP contribution in [0, 0.1) is 12.8 Å². The van der Waals surface area contributed by atoms with E-state index in [9.17, 15) is 0 Å². The molecule has 22 heavy (non-hydrogen) atoms. The third-order valence-electron chi connectivity index (χ3n) is 3.94. The van der Waals surface area contributed by atoms with Crippen molar-refractivity contribution < 1.29 is 0 Å². The Morgan fingerprint density at radius 3 is 2.95 bits per heavy atom. The summed E-state index contributed by atoms with van der Waals surface area (Å²) in [5.41, 5.74) is 1.05. The number of nitrogens with zero attached hydrogens (tertiary/aromatic N) is 4. The summed E-state index contributed by atoms with van der Waals surface area (Å²) < 4.78 is 0. The van der Waals surface area contributed by atoms with E-state index in [1.807, 2.05) is 25.1 Å². The molecule has 5 nitrogen and oxygen atoms in total. The smallest absolute Gasteiger partial charge is 0.208 e. The number of rotatable bonds is 5. The summed E-state index contributed by atoms with van der Waals surface area (Å²) in [6, 6.07) is 6.09. The van der Waals surface area contributed by atoms with Gasteiger partial charge in [-0.2, -0.15) is 0 Å². The monoisotopic (exact) mass is 317 g/mol. The molecule has 3 heterocycles. The lowest BCUT2D eigenvalue weighted by molar-refractivity contribution is 0.621. The summed E-state index contributed by atoms with van der Waals surface area (Å²) in [6.45, 7) is 9.42. The second-order valence-electron chi connectivity index (χ2n) is 6.22. The molecule has 2 aromatic heterocycles. The van der Waals surface area contributed by atoms with Gasteiger partial charge in [-0.05, 0) is 31.4 Å². The molecule has 1 saturated heterocycles. The molecule has 0 saturated carbocycles.